The third-order valence-corrected chi connectivity index (χ3v) is 12.3. The number of phosphoric ester groups is 1. The van der Waals surface area contributed by atoms with Crippen LogP contribution in [0.1, 0.15) is 206 Å². The fourth-order valence-electron chi connectivity index (χ4n) is 7.49. The SMILES string of the molecule is CCCCCCCCCCCCCCCCC/C=C/[C@@H](O)[C@H](COP(=O)(O)OC1C(O)C(O)C(O)[C@@H](O)C1O)NC(=O)CCCCCCCCCCCCCCC. The molecule has 12 nitrogen and oxygen atoms in total. The first-order valence-corrected chi connectivity index (χ1v) is 24.6. The lowest BCUT2D eigenvalue weighted by molar-refractivity contribution is -0.220. The Kier molecular flexibility index (Phi) is 33.0. The minimum Gasteiger partial charge on any atom is -0.387 e. The molecule has 0 spiro atoms. The molecule has 338 valence electrons. The quantitative estimate of drug-likeness (QED) is 0.0168. The number of allylic oxidation sites excluding steroid dienone is 1. The van der Waals surface area contributed by atoms with E-state index in [4.69, 9.17) is 9.05 Å². The Morgan fingerprint density at radius 3 is 1.33 bits per heavy atom. The van der Waals surface area contributed by atoms with E-state index in [0.29, 0.717) is 6.42 Å². The second-order valence-corrected chi connectivity index (χ2v) is 18.0. The van der Waals surface area contributed by atoms with Crippen molar-refractivity contribution >= 4 is 13.7 Å². The predicted molar refractivity (Wildman–Crippen MR) is 228 cm³/mol. The van der Waals surface area contributed by atoms with Gasteiger partial charge in [-0.1, -0.05) is 193 Å². The summed E-state index contributed by atoms with van der Waals surface area (Å²) in [5.74, 6) is -0.339. The highest BCUT2D eigenvalue weighted by Crippen LogP contribution is 2.47. The monoisotopic (exact) mass is 836 g/mol. The van der Waals surface area contributed by atoms with Crippen LogP contribution in [0.5, 0.6) is 0 Å². The molecule has 0 radical (unpaired) electrons. The van der Waals surface area contributed by atoms with Gasteiger partial charge in [-0.25, -0.2) is 4.57 Å². The third kappa shape index (κ3) is 26.8. The summed E-state index contributed by atoms with van der Waals surface area (Å²) in [6.07, 6.45) is 25.7. The lowest BCUT2D eigenvalue weighted by atomic mass is 9.85. The number of aliphatic hydroxyl groups excluding tert-OH is 6. The Morgan fingerprint density at radius 1 is 0.579 bits per heavy atom. The van der Waals surface area contributed by atoms with Gasteiger partial charge in [0.05, 0.1) is 18.8 Å². The van der Waals surface area contributed by atoms with Crippen molar-refractivity contribution in [3.05, 3.63) is 12.2 Å². The largest absolute Gasteiger partial charge is 0.472 e. The second kappa shape index (κ2) is 34.8. The zero-order chi connectivity index (χ0) is 42.2. The van der Waals surface area contributed by atoms with Gasteiger partial charge in [-0.3, -0.25) is 13.8 Å². The molecule has 0 heterocycles. The van der Waals surface area contributed by atoms with Crippen molar-refractivity contribution in [1.29, 1.82) is 0 Å². The molecule has 9 atom stereocenters. The van der Waals surface area contributed by atoms with Crippen molar-refractivity contribution in [2.24, 2.45) is 0 Å². The maximum atomic E-state index is 12.9. The maximum Gasteiger partial charge on any atom is 0.472 e. The van der Waals surface area contributed by atoms with E-state index in [-0.39, 0.29) is 12.3 Å². The average Bonchev–Trinajstić information content (AvgIpc) is 3.19. The van der Waals surface area contributed by atoms with Crippen LogP contribution in [0.4, 0.5) is 0 Å². The molecule has 1 amide bonds. The van der Waals surface area contributed by atoms with Gasteiger partial charge in [0.2, 0.25) is 5.91 Å². The Balaban J connectivity index is 2.50. The lowest BCUT2D eigenvalue weighted by Gasteiger charge is -2.41. The third-order valence-electron chi connectivity index (χ3n) is 11.3. The van der Waals surface area contributed by atoms with E-state index in [1.165, 1.54) is 141 Å². The lowest BCUT2D eigenvalue weighted by Crippen LogP contribution is -2.64. The smallest absolute Gasteiger partial charge is 0.387 e. The summed E-state index contributed by atoms with van der Waals surface area (Å²) in [5, 5.41) is 63.9. The van der Waals surface area contributed by atoms with Crippen LogP contribution in [0.15, 0.2) is 12.2 Å². The van der Waals surface area contributed by atoms with E-state index in [9.17, 15) is 44.9 Å². The summed E-state index contributed by atoms with van der Waals surface area (Å²) in [4.78, 5) is 23.3. The number of carbonyl (C=O) groups is 1. The van der Waals surface area contributed by atoms with E-state index >= 15 is 0 Å². The molecular weight excluding hydrogens is 749 g/mol. The number of unbranched alkanes of at least 4 members (excludes halogenated alkanes) is 27. The molecule has 8 N–H and O–H groups in total. The van der Waals surface area contributed by atoms with E-state index in [1.807, 2.05) is 6.08 Å². The van der Waals surface area contributed by atoms with Crippen LogP contribution in [0.2, 0.25) is 0 Å². The first-order valence-electron chi connectivity index (χ1n) is 23.1. The molecule has 6 unspecified atom stereocenters. The van der Waals surface area contributed by atoms with Crippen LogP contribution in [0.25, 0.3) is 0 Å². The Hall–Kier alpha value is -0.920. The van der Waals surface area contributed by atoms with Gasteiger partial charge in [-0.05, 0) is 19.3 Å². The number of rotatable bonds is 38. The summed E-state index contributed by atoms with van der Waals surface area (Å²) in [6, 6.07) is -1.11. The molecule has 1 fully saturated rings. The summed E-state index contributed by atoms with van der Waals surface area (Å²) < 4.78 is 22.9. The molecule has 0 aromatic rings. The number of aliphatic hydroxyl groups is 6. The zero-order valence-corrected chi connectivity index (χ0v) is 36.8. The van der Waals surface area contributed by atoms with E-state index in [0.717, 1.165) is 44.9 Å². The van der Waals surface area contributed by atoms with Crippen molar-refractivity contribution in [3.63, 3.8) is 0 Å². The summed E-state index contributed by atoms with van der Waals surface area (Å²) >= 11 is 0. The number of phosphoric acid groups is 1. The summed E-state index contributed by atoms with van der Waals surface area (Å²) in [5.41, 5.74) is 0. The van der Waals surface area contributed by atoms with E-state index in [2.05, 4.69) is 19.2 Å². The Bertz CT molecular complexity index is 1020. The molecule has 0 bridgehead atoms. The molecule has 1 saturated carbocycles. The molecule has 1 aliphatic rings. The van der Waals surface area contributed by atoms with Gasteiger partial charge in [-0.15, -0.1) is 0 Å². The molecular formula is C44H86NO11P. The van der Waals surface area contributed by atoms with Gasteiger partial charge in [0, 0.05) is 6.42 Å². The van der Waals surface area contributed by atoms with Crippen LogP contribution in [-0.4, -0.2) is 96.8 Å². The van der Waals surface area contributed by atoms with Gasteiger partial charge in [0.25, 0.3) is 0 Å². The Labute approximate surface area is 346 Å². The molecule has 1 rings (SSSR count). The number of hydrogen-bond donors (Lipinski definition) is 8. The summed E-state index contributed by atoms with van der Waals surface area (Å²) in [6.45, 7) is 3.84. The maximum absolute atomic E-state index is 12.9. The molecule has 0 saturated heterocycles. The van der Waals surface area contributed by atoms with Gasteiger partial charge < -0.3 is 40.8 Å². The van der Waals surface area contributed by atoms with Crippen molar-refractivity contribution in [1.82, 2.24) is 5.32 Å². The molecule has 13 heteroatoms. The molecule has 1 aliphatic carbocycles. The fraction of sp³-hybridized carbons (Fsp3) is 0.932. The van der Waals surface area contributed by atoms with Crippen molar-refractivity contribution < 1.29 is 53.9 Å². The van der Waals surface area contributed by atoms with Crippen LogP contribution in [0, 0.1) is 0 Å². The van der Waals surface area contributed by atoms with Gasteiger partial charge in [0.15, 0.2) is 0 Å². The zero-order valence-electron chi connectivity index (χ0n) is 35.9. The fourth-order valence-corrected chi connectivity index (χ4v) is 8.46. The highest BCUT2D eigenvalue weighted by Gasteiger charge is 2.51. The normalized spacial score (nSPS) is 23.5. The molecule has 0 aromatic carbocycles. The van der Waals surface area contributed by atoms with Crippen LogP contribution in [-0.2, 0) is 18.4 Å². The highest BCUT2D eigenvalue weighted by molar-refractivity contribution is 7.47. The van der Waals surface area contributed by atoms with Gasteiger partial charge in [0.1, 0.15) is 36.6 Å². The topological polar surface area (TPSA) is 206 Å². The van der Waals surface area contributed by atoms with Crippen molar-refractivity contribution in [2.75, 3.05) is 6.61 Å². The second-order valence-electron chi connectivity index (χ2n) is 16.6. The van der Waals surface area contributed by atoms with Crippen LogP contribution >= 0.6 is 7.82 Å². The van der Waals surface area contributed by atoms with Crippen LogP contribution in [0.3, 0.4) is 0 Å². The molecule has 0 aromatic heterocycles. The number of hydrogen-bond acceptors (Lipinski definition) is 10. The average molecular weight is 836 g/mol. The van der Waals surface area contributed by atoms with Gasteiger partial charge in [-0.2, -0.15) is 0 Å². The predicted octanol–water partition coefficient (Wildman–Crippen LogP) is 8.45. The summed E-state index contributed by atoms with van der Waals surface area (Å²) in [7, 11) is -5.07. The number of amides is 1. The van der Waals surface area contributed by atoms with E-state index in [1.54, 1.807) is 0 Å². The van der Waals surface area contributed by atoms with E-state index < -0.39 is 63.2 Å². The van der Waals surface area contributed by atoms with Crippen molar-refractivity contribution in [3.8, 4) is 0 Å². The highest BCUT2D eigenvalue weighted by atomic mass is 31.2. The van der Waals surface area contributed by atoms with Gasteiger partial charge >= 0.3 is 7.82 Å². The number of carbonyl (C=O) groups excluding carboxylic acids is 1. The first kappa shape index (κ1) is 54.1. The number of nitrogens with one attached hydrogen (secondary N) is 1. The minimum atomic E-state index is -5.07. The molecule has 0 aliphatic heterocycles. The standard InChI is InChI=1S/C44H86NO11P/c1-3-5-7-9-11-13-15-17-18-19-20-22-23-25-27-29-31-33-37(46)36(35-55-57(53,54)56-44-42(51)40(49)39(48)41(50)43(44)52)45-38(47)34-32-30-28-26-24-21-16-14-12-10-8-6-4-2/h31,33,36-37,39-44,46,48-52H,3-30,32,34-35H2,1-2H3,(H,45,47)(H,53,54)/b33-31+/t36-,37+,39?,40+,41?,42?,43?,44?/m0/s1. The minimum absolute atomic E-state index is 0.218. The van der Waals surface area contributed by atoms with Crippen molar-refractivity contribution in [2.45, 2.75) is 255 Å². The first-order chi connectivity index (χ1) is 27.4. The Morgan fingerprint density at radius 2 is 0.930 bits per heavy atom. The molecule has 57 heavy (non-hydrogen) atoms. The van der Waals surface area contributed by atoms with Crippen LogP contribution < -0.4 is 5.32 Å².